The number of hydrogen-bond donors (Lipinski definition) is 0. The van der Waals surface area contributed by atoms with E-state index in [2.05, 4.69) is 0 Å². The average molecular weight is 262 g/mol. The molecule has 0 atom stereocenters. The molecular formula is C11H11NaO4S. The third-order valence-electron chi connectivity index (χ3n) is 2.36. The van der Waals surface area contributed by atoms with Gasteiger partial charge in [0.15, 0.2) is 0 Å². The largest absolute Gasteiger partial charge is 1.00 e. The smallest absolute Gasteiger partial charge is 0.873 e. The molecule has 4 nitrogen and oxygen atoms in total. The Morgan fingerprint density at radius 2 is 1.71 bits per heavy atom. The maximum absolute atomic E-state index is 11.9. The van der Waals surface area contributed by atoms with Crippen LogP contribution in [0.25, 0.3) is 4.91 Å². The van der Waals surface area contributed by atoms with Gasteiger partial charge in [-0.2, -0.15) is 8.42 Å². The van der Waals surface area contributed by atoms with Crippen LogP contribution >= 0.6 is 0 Å². The molecule has 0 N–H and O–H groups in total. The summed E-state index contributed by atoms with van der Waals surface area (Å²) >= 11 is 0. The van der Waals surface area contributed by atoms with Gasteiger partial charge in [0.1, 0.15) is 0 Å². The maximum Gasteiger partial charge on any atom is 1.00 e. The summed E-state index contributed by atoms with van der Waals surface area (Å²) in [5, 5.41) is 11.9. The van der Waals surface area contributed by atoms with Gasteiger partial charge in [-0.15, -0.1) is 0 Å². The molecule has 0 saturated carbocycles. The molecule has 0 spiro atoms. The van der Waals surface area contributed by atoms with Crippen LogP contribution in [0.1, 0.15) is 19.4 Å². The third kappa shape index (κ3) is 2.58. The molecule has 0 radical (unpaired) electrons. The van der Waals surface area contributed by atoms with E-state index < -0.39 is 21.5 Å². The van der Waals surface area contributed by atoms with E-state index in [1.54, 1.807) is 30.3 Å². The van der Waals surface area contributed by atoms with Crippen LogP contribution in [0.4, 0.5) is 0 Å². The summed E-state index contributed by atoms with van der Waals surface area (Å²) in [6, 6.07) is 8.26. The Labute approximate surface area is 123 Å². The number of benzene rings is 1. The van der Waals surface area contributed by atoms with Crippen LogP contribution in [0.15, 0.2) is 36.1 Å². The molecule has 0 bridgehead atoms. The van der Waals surface area contributed by atoms with Gasteiger partial charge in [-0.3, -0.25) is 4.18 Å². The first-order valence-electron chi connectivity index (χ1n) is 4.77. The molecule has 0 fully saturated rings. The fourth-order valence-electron chi connectivity index (χ4n) is 1.61. The van der Waals surface area contributed by atoms with Crippen molar-refractivity contribution >= 4 is 15.0 Å². The van der Waals surface area contributed by atoms with Crippen molar-refractivity contribution in [2.75, 3.05) is 0 Å². The summed E-state index contributed by atoms with van der Waals surface area (Å²) < 4.78 is 28.2. The Morgan fingerprint density at radius 3 is 2.12 bits per heavy atom. The molecule has 17 heavy (non-hydrogen) atoms. The van der Waals surface area contributed by atoms with Gasteiger partial charge in [0.25, 0.3) is 10.1 Å². The van der Waals surface area contributed by atoms with Crippen LogP contribution < -0.4 is 34.7 Å². The normalized spacial score (nSPS) is 21.1. The molecule has 0 aromatic heterocycles. The van der Waals surface area contributed by atoms with Crippen LogP contribution in [-0.4, -0.2) is 14.0 Å². The van der Waals surface area contributed by atoms with Gasteiger partial charge in [-0.1, -0.05) is 36.1 Å². The van der Waals surface area contributed by atoms with E-state index >= 15 is 0 Å². The molecule has 6 heteroatoms. The van der Waals surface area contributed by atoms with Crippen LogP contribution in [0.2, 0.25) is 0 Å². The molecule has 1 aliphatic rings. The van der Waals surface area contributed by atoms with Crippen molar-refractivity contribution < 1.29 is 47.3 Å². The SMILES string of the molecule is CC1(C)OS(=O)(=O)C(c2ccccc2)=C1[O-].[Na+]. The Bertz CT molecular complexity index is 546. The minimum atomic E-state index is -3.93. The first-order chi connectivity index (χ1) is 7.34. The molecular weight excluding hydrogens is 251 g/mol. The second kappa shape index (κ2) is 4.74. The maximum atomic E-state index is 11.9. The first-order valence-corrected chi connectivity index (χ1v) is 6.18. The Morgan fingerprint density at radius 1 is 1.18 bits per heavy atom. The van der Waals surface area contributed by atoms with E-state index in [0.717, 1.165) is 0 Å². The van der Waals surface area contributed by atoms with Crippen LogP contribution in [0.5, 0.6) is 0 Å². The topological polar surface area (TPSA) is 66.4 Å². The fourth-order valence-corrected chi connectivity index (χ4v) is 3.21. The molecule has 86 valence electrons. The standard InChI is InChI=1S/C11H12O4S.Na/c1-11(2)10(12)9(16(13,14)15-11)8-6-4-3-5-7-8;/h3-7,12H,1-2H3;/q;+1/p-1. The Kier molecular flexibility index (Phi) is 4.11. The molecule has 1 heterocycles. The second-order valence-corrected chi connectivity index (χ2v) is 5.56. The Hall–Kier alpha value is -0.330. The van der Waals surface area contributed by atoms with E-state index in [1.807, 2.05) is 0 Å². The monoisotopic (exact) mass is 262 g/mol. The molecule has 2 rings (SSSR count). The van der Waals surface area contributed by atoms with E-state index in [4.69, 9.17) is 4.18 Å². The molecule has 0 aliphatic carbocycles. The molecule has 1 aliphatic heterocycles. The first kappa shape index (κ1) is 14.7. The minimum absolute atomic E-state index is 0. The summed E-state index contributed by atoms with van der Waals surface area (Å²) in [6.07, 6.45) is 0. The average Bonchev–Trinajstić information content (AvgIpc) is 2.33. The van der Waals surface area contributed by atoms with Gasteiger partial charge in [0, 0.05) is 0 Å². The number of rotatable bonds is 1. The zero-order chi connectivity index (χ0) is 12.0. The molecule has 0 amide bonds. The van der Waals surface area contributed by atoms with E-state index in [1.165, 1.54) is 13.8 Å². The summed E-state index contributed by atoms with van der Waals surface area (Å²) in [6.45, 7) is 2.89. The molecule has 1 aromatic carbocycles. The van der Waals surface area contributed by atoms with Crippen molar-refractivity contribution in [2.24, 2.45) is 0 Å². The fraction of sp³-hybridized carbons (Fsp3) is 0.273. The summed E-state index contributed by atoms with van der Waals surface area (Å²) in [7, 11) is -3.93. The summed E-state index contributed by atoms with van der Waals surface area (Å²) in [5.41, 5.74) is -0.928. The predicted molar refractivity (Wildman–Crippen MR) is 57.4 cm³/mol. The van der Waals surface area contributed by atoms with Crippen molar-refractivity contribution in [3.05, 3.63) is 41.7 Å². The van der Waals surface area contributed by atoms with Gasteiger partial charge in [0.2, 0.25) is 0 Å². The van der Waals surface area contributed by atoms with Crippen molar-refractivity contribution in [3.8, 4) is 0 Å². The molecule has 0 unspecified atom stereocenters. The minimum Gasteiger partial charge on any atom is -0.873 e. The third-order valence-corrected chi connectivity index (χ3v) is 3.91. The van der Waals surface area contributed by atoms with Gasteiger partial charge in [0.05, 0.1) is 10.5 Å². The van der Waals surface area contributed by atoms with Gasteiger partial charge in [-0.25, -0.2) is 0 Å². The van der Waals surface area contributed by atoms with Crippen LogP contribution in [0.3, 0.4) is 0 Å². The predicted octanol–water partition coefficient (Wildman–Crippen LogP) is -2.14. The summed E-state index contributed by atoms with van der Waals surface area (Å²) in [5.74, 6) is -0.501. The van der Waals surface area contributed by atoms with Crippen molar-refractivity contribution in [3.63, 3.8) is 0 Å². The van der Waals surface area contributed by atoms with Gasteiger partial charge >= 0.3 is 29.6 Å². The zero-order valence-electron chi connectivity index (χ0n) is 9.93. The number of hydrogen-bond acceptors (Lipinski definition) is 4. The van der Waals surface area contributed by atoms with Crippen LogP contribution in [-0.2, 0) is 14.3 Å². The van der Waals surface area contributed by atoms with Crippen molar-refractivity contribution in [1.82, 2.24) is 0 Å². The summed E-state index contributed by atoms with van der Waals surface area (Å²) in [4.78, 5) is -0.252. The van der Waals surface area contributed by atoms with E-state index in [-0.39, 0.29) is 34.5 Å². The molecule has 0 saturated heterocycles. The van der Waals surface area contributed by atoms with Crippen molar-refractivity contribution in [1.29, 1.82) is 0 Å². The zero-order valence-corrected chi connectivity index (χ0v) is 12.7. The quantitative estimate of drug-likeness (QED) is 0.428. The van der Waals surface area contributed by atoms with E-state index in [0.29, 0.717) is 5.56 Å². The Balaban J connectivity index is 0.00000144. The van der Waals surface area contributed by atoms with Gasteiger partial charge < -0.3 is 5.11 Å². The second-order valence-electron chi connectivity index (χ2n) is 4.07. The molecule has 1 aromatic rings. The van der Waals surface area contributed by atoms with Crippen LogP contribution in [0, 0.1) is 0 Å². The van der Waals surface area contributed by atoms with Crippen molar-refractivity contribution in [2.45, 2.75) is 19.4 Å². The van der Waals surface area contributed by atoms with E-state index in [9.17, 15) is 13.5 Å². The van der Waals surface area contributed by atoms with Gasteiger partial charge in [-0.05, 0) is 19.4 Å².